The number of ether oxygens (including phenoxy) is 1. The number of nitrogens with zero attached hydrogens (tertiary/aromatic N) is 4. The lowest BCUT2D eigenvalue weighted by Crippen LogP contribution is -2.64. The van der Waals surface area contributed by atoms with Gasteiger partial charge in [0.05, 0.1) is 74.4 Å². The molecule has 0 bridgehead atoms. The molecular formula is C60H82N10O21S. The minimum Gasteiger partial charge on any atom is -0.504 e. The lowest BCUT2D eigenvalue weighted by molar-refractivity contribution is -0.433. The smallest absolute Gasteiger partial charge is 0.261 e. The number of phenolic OH excluding ortho intramolecular Hbond substituents is 1. The van der Waals surface area contributed by atoms with Gasteiger partial charge < -0.3 is 96.6 Å². The molecule has 1 aromatic heterocycles. The fourth-order valence-corrected chi connectivity index (χ4v) is 11.2. The number of amides is 7. The van der Waals surface area contributed by atoms with Crippen LogP contribution in [0.2, 0.25) is 0 Å². The Bertz CT molecular complexity index is 3110. The molecule has 16 N–H and O–H groups in total. The Morgan fingerprint density at radius 1 is 0.783 bits per heavy atom. The summed E-state index contributed by atoms with van der Waals surface area (Å²) in [7, 11) is 0. The lowest BCUT2D eigenvalue weighted by Gasteiger charge is -2.34. The first-order chi connectivity index (χ1) is 44.0. The molecule has 31 nitrogen and oxygen atoms in total. The molecule has 3 fully saturated rings. The van der Waals surface area contributed by atoms with Crippen molar-refractivity contribution in [3.8, 4) is 34.1 Å². The standard InChI is InChI=1S/C60H82N10O21S/c1-4-5-6-7-20-88-42-15-13-39(14-16-42)70-28-37(25-63-70)35-9-11-36(12-10-35)54(80)64-43-23-40(74)26-62-58(84)52-53(79)32(2)27-69(52)60(86)51(46(77)18-19-61-38(30-71)31-72)67-57(83)50(47(78)21-34-8-17-45(76)48(22-34)89-92-91-90-87)66-56(82)44-24-41(75)29-68(44)59(85)49(33(3)73)65-55(43)81/h8-17,22,25,28,32-33,38,40-41,43-44,46-47,49-53,61,71-79,87H,4-7,18-21,23-24,26-27,29-31H2,1-3H3,(H,62,84)(H,64,80)(H,65,81)(H,66,82)(H,67,83)/t32-,33+,40+,41+,43-,44-,46+,47+,49-,50-,51-,52-,53-/m0/s1. The minimum absolute atomic E-state index is 0.0259. The molecule has 92 heavy (non-hydrogen) atoms. The minimum atomic E-state index is -2.16. The summed E-state index contributed by atoms with van der Waals surface area (Å²) >= 11 is 0.0667. The molecule has 0 unspecified atom stereocenters. The number of aliphatic hydroxyl groups excluding tert-OH is 8. The number of β-amino-alcohol motifs (C(OH)–C–C–N with tert-alkyl or cyclic N) is 1. The van der Waals surface area contributed by atoms with E-state index in [9.17, 15) is 79.5 Å². The molecule has 4 heterocycles. The number of fused-ring (bicyclic) bond motifs is 2. The van der Waals surface area contributed by atoms with Gasteiger partial charge in [-0.3, -0.25) is 33.6 Å². The zero-order valence-electron chi connectivity index (χ0n) is 50.9. The van der Waals surface area contributed by atoms with Crippen molar-refractivity contribution in [1.82, 2.24) is 51.5 Å². The highest BCUT2D eigenvalue weighted by Crippen LogP contribution is 2.32. The van der Waals surface area contributed by atoms with E-state index in [4.69, 9.17) is 14.2 Å². The van der Waals surface area contributed by atoms with E-state index < -0.39 is 184 Å². The van der Waals surface area contributed by atoms with E-state index >= 15 is 0 Å². The average molecular weight is 1310 g/mol. The molecular weight excluding hydrogens is 1230 g/mol. The second-order valence-corrected chi connectivity index (χ2v) is 23.5. The third-order valence-corrected chi connectivity index (χ3v) is 16.5. The Morgan fingerprint density at radius 3 is 2.16 bits per heavy atom. The van der Waals surface area contributed by atoms with Crippen LogP contribution >= 0.6 is 12.3 Å². The molecule has 32 heteroatoms. The molecule has 0 radical (unpaired) electrons. The van der Waals surface area contributed by atoms with E-state index in [1.165, 1.54) is 25.1 Å². The van der Waals surface area contributed by atoms with Crippen molar-refractivity contribution in [3.05, 3.63) is 90.3 Å². The number of carbonyl (C=O) groups excluding carboxylic acids is 7. The van der Waals surface area contributed by atoms with Gasteiger partial charge in [-0.2, -0.15) is 5.10 Å². The number of aliphatic hydroxyl groups is 8. The molecule has 13 atom stereocenters. The first kappa shape index (κ1) is 71.9. The van der Waals surface area contributed by atoms with Crippen molar-refractivity contribution in [1.29, 1.82) is 0 Å². The highest BCUT2D eigenvalue weighted by atomic mass is 32.2. The fourth-order valence-electron chi connectivity index (χ4n) is 11.0. The highest BCUT2D eigenvalue weighted by Gasteiger charge is 2.50. The quantitative estimate of drug-likeness (QED) is 0.0146. The summed E-state index contributed by atoms with van der Waals surface area (Å²) in [5.74, 6) is -8.87. The predicted molar refractivity (Wildman–Crippen MR) is 325 cm³/mol. The van der Waals surface area contributed by atoms with E-state index in [0.717, 1.165) is 66.0 Å². The van der Waals surface area contributed by atoms with Crippen molar-refractivity contribution in [2.24, 2.45) is 5.92 Å². The molecule has 0 aliphatic carbocycles. The summed E-state index contributed by atoms with van der Waals surface area (Å²) in [6, 6.07) is 4.90. The summed E-state index contributed by atoms with van der Waals surface area (Å²) in [5, 5.41) is 130. The van der Waals surface area contributed by atoms with Crippen LogP contribution in [0.5, 0.6) is 17.2 Å². The number of nitrogens with one attached hydrogen (secondary N) is 6. The summed E-state index contributed by atoms with van der Waals surface area (Å²) in [6.07, 6.45) is -4.91. The van der Waals surface area contributed by atoms with Crippen molar-refractivity contribution < 1.29 is 103 Å². The second-order valence-electron chi connectivity index (χ2n) is 23.1. The molecule has 0 saturated carbocycles. The average Bonchev–Trinajstić information content (AvgIpc) is 1.67. The molecule has 3 saturated heterocycles. The maximum atomic E-state index is 15.0. The molecule has 504 valence electrons. The summed E-state index contributed by atoms with van der Waals surface area (Å²) in [6.45, 7) is 2.44. The van der Waals surface area contributed by atoms with Gasteiger partial charge in [0.2, 0.25) is 35.4 Å². The van der Waals surface area contributed by atoms with E-state index in [2.05, 4.69) is 53.3 Å². The molecule has 7 rings (SSSR count). The zero-order valence-corrected chi connectivity index (χ0v) is 51.7. The van der Waals surface area contributed by atoms with Gasteiger partial charge in [0.15, 0.2) is 11.5 Å². The predicted octanol–water partition coefficient (Wildman–Crippen LogP) is -2.15. The van der Waals surface area contributed by atoms with Crippen molar-refractivity contribution in [2.45, 2.75) is 151 Å². The first-order valence-corrected chi connectivity index (χ1v) is 30.9. The van der Waals surface area contributed by atoms with Crippen molar-refractivity contribution >= 4 is 53.7 Å². The van der Waals surface area contributed by atoms with Gasteiger partial charge >= 0.3 is 0 Å². The molecule has 0 spiro atoms. The van der Waals surface area contributed by atoms with Gasteiger partial charge in [0.25, 0.3) is 18.2 Å². The number of rotatable bonds is 25. The molecule has 4 aromatic rings. The van der Waals surface area contributed by atoms with Gasteiger partial charge in [-0.1, -0.05) is 60.7 Å². The first-order valence-electron chi connectivity index (χ1n) is 30.2. The number of unbranched alkanes of at least 4 members (excludes halogenated alkanes) is 3. The molecule has 7 amide bonds. The van der Waals surface area contributed by atoms with E-state index in [1.54, 1.807) is 29.2 Å². The summed E-state index contributed by atoms with van der Waals surface area (Å²) < 4.78 is 16.9. The summed E-state index contributed by atoms with van der Waals surface area (Å²) in [4.78, 5) is 104. The molecule has 3 aliphatic rings. The SMILES string of the molecule is CCCCCCOc1ccc(-n2cc(-c3ccc(C(=O)N[C@H]4C[C@@H](O)CNC(=O)[C@@H]5[C@@H](O)[C@@H](C)CN5C(=O)[C@H]([C@H](O)CCNC(CO)CO)NC(=O)[C@H]([C@H](O)Cc5ccc(O)c(OSOOO)c5)NC(=O)[C@@H]5C[C@@H](O)CN5C(=O)[C@H]([C@@H](C)O)NC4=O)cc3)cn2)cc1. The van der Waals surface area contributed by atoms with E-state index in [1.807, 2.05) is 24.3 Å². The van der Waals surface area contributed by atoms with Crippen molar-refractivity contribution in [2.75, 3.05) is 46.0 Å². The van der Waals surface area contributed by atoms with Gasteiger partial charge in [0.1, 0.15) is 42.0 Å². The van der Waals surface area contributed by atoms with Crippen LogP contribution in [0.4, 0.5) is 0 Å². The van der Waals surface area contributed by atoms with Crippen LogP contribution in [0, 0.1) is 5.92 Å². The van der Waals surface area contributed by atoms with Crippen LogP contribution in [0.3, 0.4) is 0 Å². The number of benzene rings is 3. The van der Waals surface area contributed by atoms with Gasteiger partial charge in [0, 0.05) is 62.1 Å². The Balaban J connectivity index is 1.19. The van der Waals surface area contributed by atoms with Gasteiger partial charge in [-0.25, -0.2) is 9.94 Å². The lowest BCUT2D eigenvalue weighted by atomic mass is 9.98. The van der Waals surface area contributed by atoms with E-state index in [-0.39, 0.29) is 42.3 Å². The fraction of sp³-hybridized carbons (Fsp3) is 0.533. The number of phenols is 1. The number of hydrogen-bond donors (Lipinski definition) is 16. The Morgan fingerprint density at radius 2 is 1.48 bits per heavy atom. The van der Waals surface area contributed by atoms with Crippen LogP contribution in [0.15, 0.2) is 79.1 Å². The molecule has 3 aliphatic heterocycles. The summed E-state index contributed by atoms with van der Waals surface area (Å²) in [5.41, 5.74) is 2.23. The number of carbonyl (C=O) groups is 7. The number of aromatic hydroxyl groups is 1. The number of aromatic nitrogens is 2. The van der Waals surface area contributed by atoms with Crippen LogP contribution < -0.4 is 40.8 Å². The van der Waals surface area contributed by atoms with E-state index in [0.29, 0.717) is 17.7 Å². The normalized spacial score (nSPS) is 24.8. The van der Waals surface area contributed by atoms with Gasteiger partial charge in [-0.15, -0.1) is 0 Å². The highest BCUT2D eigenvalue weighted by molar-refractivity contribution is 7.90. The van der Waals surface area contributed by atoms with Crippen LogP contribution in [-0.4, -0.2) is 237 Å². The maximum absolute atomic E-state index is 15.0. The zero-order chi connectivity index (χ0) is 66.8. The van der Waals surface area contributed by atoms with Crippen LogP contribution in [0.25, 0.3) is 16.8 Å². The maximum Gasteiger partial charge on any atom is 0.261 e. The largest absolute Gasteiger partial charge is 0.504 e. The molecule has 3 aromatic carbocycles. The van der Waals surface area contributed by atoms with Crippen LogP contribution in [0.1, 0.15) is 81.6 Å². The van der Waals surface area contributed by atoms with Gasteiger partial charge in [-0.05, 0) is 86.0 Å². The van der Waals surface area contributed by atoms with Crippen molar-refractivity contribution in [3.63, 3.8) is 0 Å². The Kier molecular flexibility index (Phi) is 26.8. The third kappa shape index (κ3) is 19.0. The second kappa shape index (κ2) is 34.4. The van der Waals surface area contributed by atoms with Crippen LogP contribution in [-0.2, 0) is 44.6 Å². The monoisotopic (exact) mass is 1310 g/mol. The topological polar surface area (TPSA) is 455 Å². The number of hydrogen-bond acceptors (Lipinski definition) is 24. The third-order valence-electron chi connectivity index (χ3n) is 16.1. The Labute approximate surface area is 533 Å². The Hall–Kier alpha value is -7.57.